The smallest absolute Gasteiger partial charge is 0.0966 e. The van der Waals surface area contributed by atoms with Crippen molar-refractivity contribution in [2.75, 3.05) is 0 Å². The van der Waals surface area contributed by atoms with E-state index in [0.29, 0.717) is 12.2 Å². The summed E-state index contributed by atoms with van der Waals surface area (Å²) in [5.74, 6) is 0.429. The molecule has 0 aliphatic heterocycles. The van der Waals surface area contributed by atoms with Gasteiger partial charge < -0.3 is 10.2 Å². The summed E-state index contributed by atoms with van der Waals surface area (Å²) in [6.07, 6.45) is 7.83. The fourth-order valence-corrected chi connectivity index (χ4v) is 3.07. The van der Waals surface area contributed by atoms with E-state index in [4.69, 9.17) is 0 Å². The lowest BCUT2D eigenvalue weighted by atomic mass is 9.82. The second kappa shape index (κ2) is 5.68. The van der Waals surface area contributed by atoms with Crippen LogP contribution < -0.4 is 0 Å². The number of aliphatic hydroxyl groups is 2. The molecule has 2 nitrogen and oxygen atoms in total. The van der Waals surface area contributed by atoms with Gasteiger partial charge in [0, 0.05) is 6.42 Å². The SMILES string of the molecule is OC1=CC=C(c2ccccc2)C(=C2CCC(O)CC2)C1. The van der Waals surface area contributed by atoms with E-state index >= 15 is 0 Å². The van der Waals surface area contributed by atoms with Crippen LogP contribution in [-0.2, 0) is 0 Å². The molecule has 0 unspecified atom stereocenters. The second-order valence-electron chi connectivity index (χ2n) is 5.59. The van der Waals surface area contributed by atoms with Gasteiger partial charge in [-0.25, -0.2) is 0 Å². The van der Waals surface area contributed by atoms with Crippen LogP contribution in [0.15, 0.2) is 59.4 Å². The van der Waals surface area contributed by atoms with Gasteiger partial charge in [0.2, 0.25) is 0 Å². The molecule has 1 fully saturated rings. The van der Waals surface area contributed by atoms with Gasteiger partial charge in [-0.3, -0.25) is 0 Å². The molecule has 1 aromatic carbocycles. The minimum Gasteiger partial charge on any atom is -0.512 e. The summed E-state index contributed by atoms with van der Waals surface area (Å²) in [7, 11) is 0. The Morgan fingerprint density at radius 1 is 0.950 bits per heavy atom. The summed E-state index contributed by atoms with van der Waals surface area (Å²) >= 11 is 0. The first-order valence-electron chi connectivity index (χ1n) is 7.28. The minimum atomic E-state index is -0.156. The van der Waals surface area contributed by atoms with Gasteiger partial charge >= 0.3 is 0 Å². The highest BCUT2D eigenvalue weighted by Gasteiger charge is 2.21. The lowest BCUT2D eigenvalue weighted by Crippen LogP contribution is -2.14. The van der Waals surface area contributed by atoms with E-state index in [2.05, 4.69) is 12.1 Å². The Labute approximate surface area is 119 Å². The lowest BCUT2D eigenvalue weighted by Gasteiger charge is -2.26. The Morgan fingerprint density at radius 2 is 1.65 bits per heavy atom. The first kappa shape index (κ1) is 13.2. The summed E-state index contributed by atoms with van der Waals surface area (Å²) in [5, 5.41) is 19.5. The highest BCUT2D eigenvalue weighted by Crippen LogP contribution is 2.38. The zero-order valence-corrected chi connectivity index (χ0v) is 11.5. The maximum absolute atomic E-state index is 9.86. The molecule has 1 aromatic rings. The molecule has 0 radical (unpaired) electrons. The minimum absolute atomic E-state index is 0.156. The molecule has 0 heterocycles. The van der Waals surface area contributed by atoms with Crippen molar-refractivity contribution in [1.82, 2.24) is 0 Å². The normalized spacial score (nSPS) is 23.4. The van der Waals surface area contributed by atoms with Gasteiger partial charge in [-0.2, -0.15) is 0 Å². The van der Waals surface area contributed by atoms with Gasteiger partial charge in [-0.05, 0) is 48.5 Å². The zero-order chi connectivity index (χ0) is 13.9. The number of hydrogen-bond acceptors (Lipinski definition) is 2. The van der Waals surface area contributed by atoms with Crippen LogP contribution in [0.2, 0.25) is 0 Å². The Morgan fingerprint density at radius 3 is 2.35 bits per heavy atom. The number of aliphatic hydroxyl groups excluding tert-OH is 2. The first-order valence-corrected chi connectivity index (χ1v) is 7.28. The molecule has 104 valence electrons. The van der Waals surface area contributed by atoms with E-state index in [1.165, 1.54) is 22.3 Å². The molecular formula is C18H20O2. The summed E-state index contributed by atoms with van der Waals surface area (Å²) in [4.78, 5) is 0. The van der Waals surface area contributed by atoms with E-state index in [1.807, 2.05) is 24.3 Å². The van der Waals surface area contributed by atoms with Crippen LogP contribution in [-0.4, -0.2) is 16.3 Å². The molecule has 2 heteroatoms. The van der Waals surface area contributed by atoms with Crippen LogP contribution in [0.4, 0.5) is 0 Å². The standard InChI is InChI=1S/C18H20O2/c19-15-8-6-14(7-9-15)18-12-16(20)10-11-17(18)13-4-2-1-3-5-13/h1-5,10-11,15,19-20H,6-9,12H2. The Bertz CT molecular complexity index is 569. The molecule has 0 saturated heterocycles. The number of allylic oxidation sites excluding steroid dienone is 5. The third-order valence-electron chi connectivity index (χ3n) is 4.20. The fraction of sp³-hybridized carbons (Fsp3) is 0.333. The van der Waals surface area contributed by atoms with Crippen LogP contribution in [0.5, 0.6) is 0 Å². The molecule has 0 bridgehead atoms. The van der Waals surface area contributed by atoms with Crippen molar-refractivity contribution in [3.05, 3.63) is 65.0 Å². The number of hydrogen-bond donors (Lipinski definition) is 2. The van der Waals surface area contributed by atoms with Crippen LogP contribution in [0, 0.1) is 0 Å². The zero-order valence-electron chi connectivity index (χ0n) is 11.5. The molecule has 2 aliphatic carbocycles. The summed E-state index contributed by atoms with van der Waals surface area (Å²) < 4.78 is 0. The maximum Gasteiger partial charge on any atom is 0.0966 e. The molecule has 0 spiro atoms. The van der Waals surface area contributed by atoms with Crippen molar-refractivity contribution < 1.29 is 10.2 Å². The summed E-state index contributed by atoms with van der Waals surface area (Å²) in [5.41, 5.74) is 5.06. The highest BCUT2D eigenvalue weighted by molar-refractivity contribution is 5.82. The van der Waals surface area contributed by atoms with E-state index in [1.54, 1.807) is 6.08 Å². The monoisotopic (exact) mass is 268 g/mol. The van der Waals surface area contributed by atoms with Crippen LogP contribution in [0.25, 0.3) is 5.57 Å². The molecule has 2 aliphatic rings. The van der Waals surface area contributed by atoms with Crippen molar-refractivity contribution in [2.24, 2.45) is 0 Å². The average Bonchev–Trinajstić information content (AvgIpc) is 2.49. The number of rotatable bonds is 1. The second-order valence-corrected chi connectivity index (χ2v) is 5.59. The maximum atomic E-state index is 9.86. The van der Waals surface area contributed by atoms with Gasteiger partial charge in [0.1, 0.15) is 0 Å². The van der Waals surface area contributed by atoms with Gasteiger partial charge in [0.15, 0.2) is 0 Å². The predicted molar refractivity (Wildman–Crippen MR) is 81.2 cm³/mol. The third kappa shape index (κ3) is 2.70. The van der Waals surface area contributed by atoms with Crippen molar-refractivity contribution in [3.8, 4) is 0 Å². The summed E-state index contributed by atoms with van der Waals surface area (Å²) in [6, 6.07) is 10.3. The van der Waals surface area contributed by atoms with Crippen LogP contribution in [0.3, 0.4) is 0 Å². The van der Waals surface area contributed by atoms with Crippen molar-refractivity contribution in [3.63, 3.8) is 0 Å². The molecule has 0 amide bonds. The Kier molecular flexibility index (Phi) is 3.75. The molecule has 20 heavy (non-hydrogen) atoms. The van der Waals surface area contributed by atoms with Crippen molar-refractivity contribution in [1.29, 1.82) is 0 Å². The Hall–Kier alpha value is -1.80. The van der Waals surface area contributed by atoms with Gasteiger partial charge in [-0.15, -0.1) is 0 Å². The number of benzene rings is 1. The lowest BCUT2D eigenvalue weighted by molar-refractivity contribution is 0.143. The van der Waals surface area contributed by atoms with E-state index in [9.17, 15) is 10.2 Å². The Balaban J connectivity index is 1.99. The van der Waals surface area contributed by atoms with Gasteiger partial charge in [0.25, 0.3) is 0 Å². The molecule has 2 N–H and O–H groups in total. The highest BCUT2D eigenvalue weighted by atomic mass is 16.3. The van der Waals surface area contributed by atoms with Gasteiger partial charge in [-0.1, -0.05) is 42.0 Å². The van der Waals surface area contributed by atoms with E-state index < -0.39 is 0 Å². The predicted octanol–water partition coefficient (Wildman–Crippen LogP) is 4.15. The molecule has 1 saturated carbocycles. The molecular weight excluding hydrogens is 248 g/mol. The quantitative estimate of drug-likeness (QED) is 0.803. The fourth-order valence-electron chi connectivity index (χ4n) is 3.07. The topological polar surface area (TPSA) is 40.5 Å². The summed E-state index contributed by atoms with van der Waals surface area (Å²) in [6.45, 7) is 0. The van der Waals surface area contributed by atoms with E-state index in [0.717, 1.165) is 25.7 Å². The first-order chi connectivity index (χ1) is 9.74. The van der Waals surface area contributed by atoms with Crippen molar-refractivity contribution in [2.45, 2.75) is 38.2 Å². The largest absolute Gasteiger partial charge is 0.512 e. The van der Waals surface area contributed by atoms with Gasteiger partial charge in [0.05, 0.1) is 11.9 Å². The molecule has 3 rings (SSSR count). The molecule has 0 atom stereocenters. The van der Waals surface area contributed by atoms with Crippen LogP contribution >= 0.6 is 0 Å². The third-order valence-corrected chi connectivity index (χ3v) is 4.20. The van der Waals surface area contributed by atoms with E-state index in [-0.39, 0.29) is 6.10 Å². The van der Waals surface area contributed by atoms with Crippen molar-refractivity contribution >= 4 is 5.57 Å². The average molecular weight is 268 g/mol. The van der Waals surface area contributed by atoms with Crippen LogP contribution in [0.1, 0.15) is 37.7 Å². The molecule has 0 aromatic heterocycles.